The van der Waals surface area contributed by atoms with E-state index in [0.29, 0.717) is 40.5 Å². The van der Waals surface area contributed by atoms with E-state index in [1.54, 1.807) is 41.3 Å². The zero-order valence-electron chi connectivity index (χ0n) is 16.5. The molecule has 0 unspecified atom stereocenters. The maximum absolute atomic E-state index is 13.0. The molecule has 31 heavy (non-hydrogen) atoms. The summed E-state index contributed by atoms with van der Waals surface area (Å²) in [6, 6.07) is 21.8. The quantitative estimate of drug-likeness (QED) is 0.541. The van der Waals surface area contributed by atoms with E-state index in [4.69, 9.17) is 11.6 Å². The fraction of sp³-hybridized carbons (Fsp3) is 0.125. The zero-order valence-corrected chi connectivity index (χ0v) is 18.0. The number of nitrogens with one attached hydrogen (secondary N) is 1. The van der Waals surface area contributed by atoms with Crippen LogP contribution in [0.5, 0.6) is 0 Å². The maximum atomic E-state index is 13.0. The van der Waals surface area contributed by atoms with Crippen molar-refractivity contribution in [2.45, 2.75) is 22.6 Å². The van der Waals surface area contributed by atoms with Crippen LogP contribution in [0, 0.1) is 11.3 Å². The van der Waals surface area contributed by atoms with Crippen molar-refractivity contribution in [2.75, 3.05) is 16.8 Å². The van der Waals surface area contributed by atoms with Crippen LogP contribution in [0.1, 0.15) is 28.8 Å². The third kappa shape index (κ3) is 4.58. The Morgan fingerprint density at radius 3 is 2.52 bits per heavy atom. The summed E-state index contributed by atoms with van der Waals surface area (Å²) in [4.78, 5) is 28.2. The second kappa shape index (κ2) is 9.25. The van der Waals surface area contributed by atoms with Crippen LogP contribution < -0.4 is 10.2 Å². The minimum absolute atomic E-state index is 0.0577. The van der Waals surface area contributed by atoms with Gasteiger partial charge in [0.1, 0.15) is 6.07 Å². The first-order valence-corrected chi connectivity index (χ1v) is 10.9. The molecule has 2 amide bonds. The van der Waals surface area contributed by atoms with Crippen LogP contribution in [-0.2, 0) is 4.79 Å². The van der Waals surface area contributed by atoms with Gasteiger partial charge in [-0.05, 0) is 48.9 Å². The standard InChI is InChI=1S/C24H18ClN3O2S/c25-19-14-17(11-12-20(19)28-13-5-10-23(28)29)27-24(30)18-7-2-4-9-22(18)31-21-8-3-1-6-16(21)15-26/h1-4,6-9,11-12,14H,5,10,13H2,(H,27,30). The van der Waals surface area contributed by atoms with Gasteiger partial charge in [0, 0.05) is 28.4 Å². The summed E-state index contributed by atoms with van der Waals surface area (Å²) in [6.07, 6.45) is 1.34. The molecule has 0 bridgehead atoms. The Bertz CT molecular complexity index is 1210. The van der Waals surface area contributed by atoms with Crippen LogP contribution in [0.3, 0.4) is 0 Å². The number of nitriles is 1. The van der Waals surface area contributed by atoms with Crippen molar-refractivity contribution in [3.05, 3.63) is 82.9 Å². The van der Waals surface area contributed by atoms with Crippen LogP contribution in [0.15, 0.2) is 76.5 Å². The summed E-state index contributed by atoms with van der Waals surface area (Å²) in [7, 11) is 0. The number of hydrogen-bond donors (Lipinski definition) is 1. The molecule has 0 atom stereocenters. The fourth-order valence-corrected chi connectivity index (χ4v) is 4.72. The van der Waals surface area contributed by atoms with Gasteiger partial charge < -0.3 is 10.2 Å². The van der Waals surface area contributed by atoms with Gasteiger partial charge in [-0.2, -0.15) is 5.26 Å². The van der Waals surface area contributed by atoms with Crippen molar-refractivity contribution in [1.29, 1.82) is 5.26 Å². The normalized spacial score (nSPS) is 13.2. The lowest BCUT2D eigenvalue weighted by Crippen LogP contribution is -2.24. The first-order chi connectivity index (χ1) is 15.1. The molecule has 4 rings (SSSR count). The highest BCUT2D eigenvalue weighted by Gasteiger charge is 2.24. The van der Waals surface area contributed by atoms with Gasteiger partial charge in [-0.25, -0.2) is 0 Å². The van der Waals surface area contributed by atoms with Crippen LogP contribution in [0.25, 0.3) is 0 Å². The number of carbonyl (C=O) groups excluding carboxylic acids is 2. The van der Waals surface area contributed by atoms with Crippen LogP contribution >= 0.6 is 23.4 Å². The predicted molar refractivity (Wildman–Crippen MR) is 123 cm³/mol. The topological polar surface area (TPSA) is 73.2 Å². The largest absolute Gasteiger partial charge is 0.322 e. The molecule has 1 aliphatic heterocycles. The summed E-state index contributed by atoms with van der Waals surface area (Å²) in [6.45, 7) is 0.652. The van der Waals surface area contributed by atoms with E-state index in [2.05, 4.69) is 11.4 Å². The average Bonchev–Trinajstić information content (AvgIpc) is 3.20. The number of halogens is 1. The van der Waals surface area contributed by atoms with E-state index in [1.807, 2.05) is 30.3 Å². The highest BCUT2D eigenvalue weighted by Crippen LogP contribution is 2.34. The average molecular weight is 448 g/mol. The Labute approximate surface area is 189 Å². The molecule has 1 fully saturated rings. The van der Waals surface area contributed by atoms with E-state index in [1.165, 1.54) is 11.8 Å². The molecule has 1 heterocycles. The molecule has 5 nitrogen and oxygen atoms in total. The molecule has 0 aliphatic carbocycles. The molecule has 154 valence electrons. The number of hydrogen-bond acceptors (Lipinski definition) is 4. The van der Waals surface area contributed by atoms with Crippen molar-refractivity contribution in [1.82, 2.24) is 0 Å². The number of amides is 2. The third-order valence-corrected chi connectivity index (χ3v) is 6.38. The maximum Gasteiger partial charge on any atom is 0.256 e. The molecule has 1 N–H and O–H groups in total. The molecule has 0 aromatic heterocycles. The van der Waals surface area contributed by atoms with Gasteiger partial charge in [0.15, 0.2) is 0 Å². The van der Waals surface area contributed by atoms with Crippen molar-refractivity contribution >= 4 is 46.6 Å². The van der Waals surface area contributed by atoms with Gasteiger partial charge in [0.25, 0.3) is 5.91 Å². The Morgan fingerprint density at radius 2 is 1.81 bits per heavy atom. The Kier molecular flexibility index (Phi) is 6.26. The lowest BCUT2D eigenvalue weighted by atomic mass is 10.2. The molecular formula is C24H18ClN3O2S. The molecule has 0 saturated carbocycles. The Hall–Kier alpha value is -3.27. The van der Waals surface area contributed by atoms with Gasteiger partial charge in [0.2, 0.25) is 5.91 Å². The minimum atomic E-state index is -0.279. The lowest BCUT2D eigenvalue weighted by molar-refractivity contribution is -0.117. The predicted octanol–water partition coefficient (Wildman–Crippen LogP) is 5.74. The van der Waals surface area contributed by atoms with E-state index >= 15 is 0 Å². The second-order valence-electron chi connectivity index (χ2n) is 6.98. The monoisotopic (exact) mass is 447 g/mol. The summed E-state index contributed by atoms with van der Waals surface area (Å²) >= 11 is 7.77. The number of nitrogens with zero attached hydrogens (tertiary/aromatic N) is 2. The smallest absolute Gasteiger partial charge is 0.256 e. The summed E-state index contributed by atoms with van der Waals surface area (Å²) in [5.41, 5.74) is 2.26. The molecule has 7 heteroatoms. The molecule has 0 radical (unpaired) electrons. The molecule has 3 aromatic carbocycles. The molecule has 1 saturated heterocycles. The second-order valence-corrected chi connectivity index (χ2v) is 8.47. The van der Waals surface area contributed by atoms with E-state index in [-0.39, 0.29) is 11.8 Å². The minimum Gasteiger partial charge on any atom is -0.322 e. The first-order valence-electron chi connectivity index (χ1n) is 9.74. The molecule has 3 aromatic rings. The van der Waals surface area contributed by atoms with Gasteiger partial charge >= 0.3 is 0 Å². The summed E-state index contributed by atoms with van der Waals surface area (Å²) in [5, 5.41) is 12.6. The van der Waals surface area contributed by atoms with Crippen molar-refractivity contribution in [3.63, 3.8) is 0 Å². The van der Waals surface area contributed by atoms with Crippen LogP contribution in [0.2, 0.25) is 5.02 Å². The Balaban J connectivity index is 1.55. The van der Waals surface area contributed by atoms with E-state index in [0.717, 1.165) is 16.2 Å². The molecule has 1 aliphatic rings. The summed E-state index contributed by atoms with van der Waals surface area (Å²) < 4.78 is 0. The first kappa shape index (κ1) is 21.0. The van der Waals surface area contributed by atoms with Crippen LogP contribution in [0.4, 0.5) is 11.4 Å². The highest BCUT2D eigenvalue weighted by molar-refractivity contribution is 7.99. The lowest BCUT2D eigenvalue weighted by Gasteiger charge is -2.18. The number of benzene rings is 3. The number of anilines is 2. The van der Waals surface area contributed by atoms with Crippen molar-refractivity contribution in [3.8, 4) is 6.07 Å². The van der Waals surface area contributed by atoms with Gasteiger partial charge in [-0.3, -0.25) is 9.59 Å². The van der Waals surface area contributed by atoms with E-state index < -0.39 is 0 Å². The number of carbonyl (C=O) groups is 2. The Morgan fingerprint density at radius 1 is 1.06 bits per heavy atom. The summed E-state index contributed by atoms with van der Waals surface area (Å²) in [5.74, 6) is -0.221. The highest BCUT2D eigenvalue weighted by atomic mass is 35.5. The zero-order chi connectivity index (χ0) is 21.8. The SMILES string of the molecule is N#Cc1ccccc1Sc1ccccc1C(=O)Nc1ccc(N2CCCC2=O)c(Cl)c1. The van der Waals surface area contributed by atoms with Crippen LogP contribution in [-0.4, -0.2) is 18.4 Å². The molecule has 0 spiro atoms. The van der Waals surface area contributed by atoms with E-state index in [9.17, 15) is 14.9 Å². The van der Waals surface area contributed by atoms with Crippen molar-refractivity contribution < 1.29 is 9.59 Å². The van der Waals surface area contributed by atoms with Crippen molar-refractivity contribution in [2.24, 2.45) is 0 Å². The van der Waals surface area contributed by atoms with Gasteiger partial charge in [-0.15, -0.1) is 0 Å². The van der Waals surface area contributed by atoms with Gasteiger partial charge in [-0.1, -0.05) is 47.6 Å². The van der Waals surface area contributed by atoms with Gasteiger partial charge in [0.05, 0.1) is 21.8 Å². The molecular weight excluding hydrogens is 430 g/mol. The third-order valence-electron chi connectivity index (χ3n) is 4.93. The fourth-order valence-electron chi connectivity index (χ4n) is 3.41. The number of rotatable bonds is 5.